The molecule has 2 aromatic carbocycles. The summed E-state index contributed by atoms with van der Waals surface area (Å²) in [7, 11) is 0. The summed E-state index contributed by atoms with van der Waals surface area (Å²) < 4.78 is 5.31. The molecule has 122 valence electrons. The number of carbonyl (C=O) groups excluding carboxylic acids is 1. The molecule has 0 fully saturated rings. The van der Waals surface area contributed by atoms with Gasteiger partial charge in [0.25, 0.3) is 5.56 Å². The topological polar surface area (TPSA) is 84.1 Å². The van der Waals surface area contributed by atoms with Gasteiger partial charge in [-0.1, -0.05) is 35.9 Å². The lowest BCUT2D eigenvalue weighted by molar-refractivity contribution is -0.121. The number of hydrogen-bond donors (Lipinski definition) is 2. The first-order valence-corrected chi connectivity index (χ1v) is 7.61. The zero-order chi connectivity index (χ0) is 16.9. The number of benzene rings is 2. The molecule has 3 aromatic rings. The number of halogens is 1. The number of aromatic amines is 1. The fourth-order valence-electron chi connectivity index (χ4n) is 2.19. The van der Waals surface area contributed by atoms with Crippen molar-refractivity contribution < 1.29 is 9.53 Å². The summed E-state index contributed by atoms with van der Waals surface area (Å²) >= 11 is 5.97. The van der Waals surface area contributed by atoms with Gasteiger partial charge in [0.2, 0.25) is 5.91 Å². The molecule has 0 atom stereocenters. The maximum absolute atomic E-state index is 11.9. The highest BCUT2D eigenvalue weighted by atomic mass is 35.5. The van der Waals surface area contributed by atoms with Crippen molar-refractivity contribution in [3.05, 3.63) is 69.7 Å². The number of amides is 1. The van der Waals surface area contributed by atoms with Crippen LogP contribution in [0.15, 0.2) is 53.3 Å². The van der Waals surface area contributed by atoms with Crippen molar-refractivity contribution in [2.45, 2.75) is 6.61 Å². The van der Waals surface area contributed by atoms with Gasteiger partial charge in [0, 0.05) is 0 Å². The molecule has 0 radical (unpaired) electrons. The molecule has 1 amide bonds. The third kappa shape index (κ3) is 3.79. The first-order valence-electron chi connectivity index (χ1n) is 7.23. The Morgan fingerprint density at radius 3 is 2.75 bits per heavy atom. The quantitative estimate of drug-likeness (QED) is 0.746. The van der Waals surface area contributed by atoms with Crippen LogP contribution < -0.4 is 10.9 Å². The molecule has 3 rings (SSSR count). The number of hydrogen-bond acceptors (Lipinski definition) is 4. The van der Waals surface area contributed by atoms with Crippen molar-refractivity contribution in [3.8, 4) is 0 Å². The van der Waals surface area contributed by atoms with Crippen molar-refractivity contribution in [2.24, 2.45) is 0 Å². The van der Waals surface area contributed by atoms with Gasteiger partial charge in [0.05, 0.1) is 21.6 Å². The monoisotopic (exact) mass is 343 g/mol. The van der Waals surface area contributed by atoms with Crippen LogP contribution >= 0.6 is 11.6 Å². The molecule has 0 aliphatic rings. The van der Waals surface area contributed by atoms with Crippen molar-refractivity contribution in [2.75, 3.05) is 11.9 Å². The van der Waals surface area contributed by atoms with Crippen LogP contribution in [0.4, 0.5) is 5.69 Å². The number of nitrogens with zero attached hydrogens (tertiary/aromatic N) is 1. The zero-order valence-corrected chi connectivity index (χ0v) is 13.3. The molecular formula is C17H14ClN3O3. The van der Waals surface area contributed by atoms with E-state index in [1.54, 1.807) is 48.5 Å². The van der Waals surface area contributed by atoms with E-state index in [1.807, 2.05) is 0 Å². The van der Waals surface area contributed by atoms with Crippen molar-refractivity contribution in [1.82, 2.24) is 9.97 Å². The highest BCUT2D eigenvalue weighted by Crippen LogP contribution is 2.20. The summed E-state index contributed by atoms with van der Waals surface area (Å²) in [6.45, 7) is -0.155. The van der Waals surface area contributed by atoms with Gasteiger partial charge in [-0.3, -0.25) is 9.59 Å². The third-order valence-corrected chi connectivity index (χ3v) is 3.61. The van der Waals surface area contributed by atoms with E-state index in [4.69, 9.17) is 16.3 Å². The van der Waals surface area contributed by atoms with Crippen LogP contribution in [-0.2, 0) is 16.1 Å². The molecule has 1 aromatic heterocycles. The standard InChI is InChI=1S/C17H14ClN3O3/c18-12-6-2-4-8-14(12)20-16(22)10-24-9-15-19-13-7-3-1-5-11(13)17(23)21-15/h1-8H,9-10H2,(H,20,22)(H,19,21,23). The van der Waals surface area contributed by atoms with Crippen molar-refractivity contribution in [3.63, 3.8) is 0 Å². The van der Waals surface area contributed by atoms with Crippen LogP contribution in [0.5, 0.6) is 0 Å². The Kier molecular flexibility index (Phi) is 4.88. The lowest BCUT2D eigenvalue weighted by Gasteiger charge is -2.07. The van der Waals surface area contributed by atoms with E-state index in [9.17, 15) is 9.59 Å². The number of carbonyl (C=O) groups is 1. The highest BCUT2D eigenvalue weighted by Gasteiger charge is 2.07. The molecule has 0 unspecified atom stereocenters. The summed E-state index contributed by atoms with van der Waals surface area (Å²) in [5, 5.41) is 3.61. The predicted molar refractivity (Wildman–Crippen MR) is 92.1 cm³/mol. The first-order chi connectivity index (χ1) is 11.6. The lowest BCUT2D eigenvalue weighted by Crippen LogP contribution is -2.19. The van der Waals surface area contributed by atoms with Crippen LogP contribution in [0.1, 0.15) is 5.82 Å². The van der Waals surface area contributed by atoms with E-state index in [-0.39, 0.29) is 24.7 Å². The molecule has 6 nitrogen and oxygen atoms in total. The summed E-state index contributed by atoms with van der Waals surface area (Å²) in [6.07, 6.45) is 0. The van der Waals surface area contributed by atoms with Gasteiger partial charge in [-0.05, 0) is 24.3 Å². The Labute approximate surface area is 142 Å². The number of aromatic nitrogens is 2. The smallest absolute Gasteiger partial charge is 0.258 e. The predicted octanol–water partition coefficient (Wildman–Crippen LogP) is 2.73. The first kappa shape index (κ1) is 16.2. The molecular weight excluding hydrogens is 330 g/mol. The van der Waals surface area contributed by atoms with Crippen molar-refractivity contribution >= 4 is 34.1 Å². The van der Waals surface area contributed by atoms with Crippen LogP contribution in [-0.4, -0.2) is 22.5 Å². The molecule has 0 aliphatic heterocycles. The van der Waals surface area contributed by atoms with E-state index in [1.165, 1.54) is 0 Å². The van der Waals surface area contributed by atoms with Gasteiger partial charge in [-0.2, -0.15) is 0 Å². The van der Waals surface area contributed by atoms with E-state index >= 15 is 0 Å². The summed E-state index contributed by atoms with van der Waals surface area (Å²) in [5.41, 5.74) is 0.866. The van der Waals surface area contributed by atoms with Crippen LogP contribution in [0.25, 0.3) is 10.9 Å². The second-order valence-corrected chi connectivity index (χ2v) is 5.46. The van der Waals surface area contributed by atoms with E-state index < -0.39 is 0 Å². The number of para-hydroxylation sites is 2. The Hall–Kier alpha value is -2.70. The second-order valence-electron chi connectivity index (χ2n) is 5.05. The normalized spacial score (nSPS) is 10.7. The van der Waals surface area contributed by atoms with E-state index in [0.717, 1.165) is 0 Å². The van der Waals surface area contributed by atoms with Crippen LogP contribution in [0.3, 0.4) is 0 Å². The average molecular weight is 344 g/mol. The molecule has 24 heavy (non-hydrogen) atoms. The number of nitrogens with one attached hydrogen (secondary N) is 2. The SMILES string of the molecule is O=C(COCc1nc2ccccc2c(=O)[nH]1)Nc1ccccc1Cl. The van der Waals surface area contributed by atoms with Gasteiger partial charge in [-0.15, -0.1) is 0 Å². The summed E-state index contributed by atoms with van der Waals surface area (Å²) in [6, 6.07) is 13.9. The minimum absolute atomic E-state index is 0.0238. The van der Waals surface area contributed by atoms with Gasteiger partial charge in [-0.25, -0.2) is 4.98 Å². The second kappa shape index (κ2) is 7.25. The number of anilines is 1. The molecule has 0 saturated heterocycles. The molecule has 7 heteroatoms. The molecule has 0 aliphatic carbocycles. The minimum atomic E-state index is -0.341. The molecule has 0 bridgehead atoms. The zero-order valence-electron chi connectivity index (χ0n) is 12.6. The van der Waals surface area contributed by atoms with E-state index in [0.29, 0.717) is 27.4 Å². The highest BCUT2D eigenvalue weighted by molar-refractivity contribution is 6.33. The number of H-pyrrole nitrogens is 1. The third-order valence-electron chi connectivity index (χ3n) is 3.28. The lowest BCUT2D eigenvalue weighted by atomic mass is 10.2. The number of fused-ring (bicyclic) bond motifs is 1. The van der Waals surface area contributed by atoms with Gasteiger partial charge in [0.15, 0.2) is 0 Å². The molecule has 1 heterocycles. The van der Waals surface area contributed by atoms with E-state index in [2.05, 4.69) is 15.3 Å². The molecule has 2 N–H and O–H groups in total. The maximum Gasteiger partial charge on any atom is 0.258 e. The van der Waals surface area contributed by atoms with Crippen molar-refractivity contribution in [1.29, 1.82) is 0 Å². The molecule has 0 saturated carbocycles. The number of rotatable bonds is 5. The summed E-state index contributed by atoms with van der Waals surface area (Å²) in [5.74, 6) is 0.0236. The Bertz CT molecular complexity index is 940. The fourth-order valence-corrected chi connectivity index (χ4v) is 2.38. The Morgan fingerprint density at radius 2 is 1.92 bits per heavy atom. The van der Waals surface area contributed by atoms with Gasteiger partial charge < -0.3 is 15.0 Å². The van der Waals surface area contributed by atoms with Crippen LogP contribution in [0.2, 0.25) is 5.02 Å². The number of ether oxygens (including phenoxy) is 1. The largest absolute Gasteiger partial charge is 0.364 e. The van der Waals surface area contributed by atoms with Gasteiger partial charge >= 0.3 is 0 Å². The average Bonchev–Trinajstić information content (AvgIpc) is 2.57. The Balaban J connectivity index is 1.59. The fraction of sp³-hybridized carbons (Fsp3) is 0.118. The minimum Gasteiger partial charge on any atom is -0.364 e. The van der Waals surface area contributed by atoms with Gasteiger partial charge in [0.1, 0.15) is 19.0 Å². The Morgan fingerprint density at radius 1 is 1.17 bits per heavy atom. The van der Waals surface area contributed by atoms with Crippen LogP contribution in [0, 0.1) is 0 Å². The summed E-state index contributed by atoms with van der Waals surface area (Å²) in [4.78, 5) is 30.7. The molecule has 0 spiro atoms. The maximum atomic E-state index is 11.9.